The van der Waals surface area contributed by atoms with Gasteiger partial charge in [-0.25, -0.2) is 14.6 Å². The maximum atomic E-state index is 12.3. The molecule has 1 aliphatic rings. The van der Waals surface area contributed by atoms with Crippen LogP contribution in [-0.2, 0) is 16.1 Å². The lowest BCUT2D eigenvalue weighted by Gasteiger charge is -2.14. The van der Waals surface area contributed by atoms with Gasteiger partial charge in [-0.05, 0) is 28.7 Å². The predicted octanol–water partition coefficient (Wildman–Crippen LogP) is 4.16. The second kappa shape index (κ2) is 10.5. The van der Waals surface area contributed by atoms with E-state index in [2.05, 4.69) is 39.9 Å². The highest BCUT2D eigenvalue weighted by atomic mass is 32.1. The number of hydrogen-bond donors (Lipinski definition) is 3. The number of fused-ring (bicyclic) bond motifs is 3. The maximum Gasteiger partial charge on any atom is 0.407 e. The highest BCUT2D eigenvalue weighted by Gasteiger charge is 2.29. The third-order valence-electron chi connectivity index (χ3n) is 5.69. The van der Waals surface area contributed by atoms with Crippen molar-refractivity contribution in [3.8, 4) is 11.1 Å². The number of thiazole rings is 1. The summed E-state index contributed by atoms with van der Waals surface area (Å²) in [5.74, 6) is -1.60. The summed E-state index contributed by atoms with van der Waals surface area (Å²) in [5.41, 5.74) is 4.58. The number of carboxylic acids is 1. The SMILES string of the molecule is CCC[C@H](NC(=O)c1cnc(CNC(=O)OCC2c3ccccc3-c3ccccc32)s1)C(=O)O. The van der Waals surface area contributed by atoms with E-state index in [4.69, 9.17) is 4.74 Å². The number of nitrogens with zero attached hydrogens (tertiary/aromatic N) is 1. The summed E-state index contributed by atoms with van der Waals surface area (Å²) in [6.07, 6.45) is 1.78. The van der Waals surface area contributed by atoms with Crippen LogP contribution < -0.4 is 10.6 Å². The van der Waals surface area contributed by atoms with Crippen LogP contribution in [0.25, 0.3) is 11.1 Å². The van der Waals surface area contributed by atoms with E-state index in [0.717, 1.165) is 33.6 Å². The summed E-state index contributed by atoms with van der Waals surface area (Å²) in [4.78, 5) is 40.3. The molecule has 0 fully saturated rings. The first-order chi connectivity index (χ1) is 16.5. The molecule has 4 rings (SSSR count). The van der Waals surface area contributed by atoms with Gasteiger partial charge >= 0.3 is 12.1 Å². The third kappa shape index (κ3) is 5.09. The summed E-state index contributed by atoms with van der Waals surface area (Å²) < 4.78 is 5.50. The number of carbonyl (C=O) groups excluding carboxylic acids is 2. The first-order valence-corrected chi connectivity index (χ1v) is 11.9. The maximum absolute atomic E-state index is 12.3. The second-order valence-electron chi connectivity index (χ2n) is 7.95. The first kappa shape index (κ1) is 23.4. The van der Waals surface area contributed by atoms with Gasteiger partial charge in [0.25, 0.3) is 5.91 Å². The van der Waals surface area contributed by atoms with Gasteiger partial charge in [-0.2, -0.15) is 0 Å². The molecule has 0 unspecified atom stereocenters. The number of nitrogens with one attached hydrogen (secondary N) is 2. The molecule has 34 heavy (non-hydrogen) atoms. The zero-order chi connectivity index (χ0) is 24.1. The number of ether oxygens (including phenoxy) is 1. The Labute approximate surface area is 201 Å². The van der Waals surface area contributed by atoms with Crippen LogP contribution in [0.4, 0.5) is 4.79 Å². The van der Waals surface area contributed by atoms with Gasteiger partial charge in [0.2, 0.25) is 0 Å². The van der Waals surface area contributed by atoms with Gasteiger partial charge in [0, 0.05) is 5.92 Å². The molecule has 1 atom stereocenters. The predicted molar refractivity (Wildman–Crippen MR) is 128 cm³/mol. The van der Waals surface area contributed by atoms with Gasteiger partial charge in [0.1, 0.15) is 22.5 Å². The fourth-order valence-corrected chi connectivity index (χ4v) is 4.83. The summed E-state index contributed by atoms with van der Waals surface area (Å²) in [7, 11) is 0. The summed E-state index contributed by atoms with van der Waals surface area (Å²) in [5, 5.41) is 14.9. The van der Waals surface area contributed by atoms with Gasteiger partial charge in [0.05, 0.1) is 12.7 Å². The Hall–Kier alpha value is -3.72. The molecule has 3 aromatic rings. The Morgan fingerprint density at radius 2 is 1.74 bits per heavy atom. The molecule has 1 heterocycles. The van der Waals surface area contributed by atoms with E-state index in [9.17, 15) is 19.5 Å². The Kier molecular flexibility index (Phi) is 7.22. The molecule has 8 nitrogen and oxygen atoms in total. The number of rotatable bonds is 9. The Morgan fingerprint density at radius 1 is 1.09 bits per heavy atom. The Balaban J connectivity index is 1.30. The number of carboxylic acid groups (broad SMARTS) is 1. The van der Waals surface area contributed by atoms with Crippen molar-refractivity contribution in [3.05, 3.63) is 75.7 Å². The van der Waals surface area contributed by atoms with Gasteiger partial charge in [-0.1, -0.05) is 61.9 Å². The lowest BCUT2D eigenvalue weighted by Crippen LogP contribution is -2.40. The fraction of sp³-hybridized carbons (Fsp3) is 0.280. The lowest BCUT2D eigenvalue weighted by atomic mass is 9.98. The smallest absolute Gasteiger partial charge is 0.407 e. The van der Waals surface area contributed by atoms with Crippen LogP contribution in [0.15, 0.2) is 54.7 Å². The molecular weight excluding hydrogens is 454 g/mol. The van der Waals surface area contributed by atoms with Gasteiger partial charge in [-0.3, -0.25) is 4.79 Å². The van der Waals surface area contributed by atoms with Crippen molar-refractivity contribution in [3.63, 3.8) is 0 Å². The zero-order valence-electron chi connectivity index (χ0n) is 18.6. The number of amides is 2. The Bertz CT molecular complexity index is 1160. The second-order valence-corrected chi connectivity index (χ2v) is 9.07. The van der Waals surface area contributed by atoms with Crippen molar-refractivity contribution in [1.82, 2.24) is 15.6 Å². The van der Waals surface area contributed by atoms with Crippen LogP contribution in [0.3, 0.4) is 0 Å². The minimum atomic E-state index is -1.07. The molecule has 1 aliphatic carbocycles. The number of hydrogen-bond acceptors (Lipinski definition) is 6. The Morgan fingerprint density at radius 3 is 2.35 bits per heavy atom. The van der Waals surface area contributed by atoms with Crippen molar-refractivity contribution in [2.45, 2.75) is 38.3 Å². The molecule has 176 valence electrons. The van der Waals surface area contributed by atoms with Crippen molar-refractivity contribution in [2.75, 3.05) is 6.61 Å². The molecule has 1 aromatic heterocycles. The van der Waals surface area contributed by atoms with Crippen LogP contribution in [0, 0.1) is 0 Å². The zero-order valence-corrected chi connectivity index (χ0v) is 19.4. The van der Waals surface area contributed by atoms with Crippen molar-refractivity contribution in [2.24, 2.45) is 0 Å². The minimum Gasteiger partial charge on any atom is -0.480 e. The number of carbonyl (C=O) groups is 3. The minimum absolute atomic E-state index is 0.0291. The molecule has 3 N–H and O–H groups in total. The monoisotopic (exact) mass is 479 g/mol. The molecule has 9 heteroatoms. The van der Waals surface area contributed by atoms with E-state index < -0.39 is 24.0 Å². The lowest BCUT2D eigenvalue weighted by molar-refractivity contribution is -0.139. The van der Waals surface area contributed by atoms with Crippen LogP contribution in [0.1, 0.15) is 51.5 Å². The number of alkyl carbamates (subject to hydrolysis) is 1. The summed E-state index contributed by atoms with van der Waals surface area (Å²) in [6, 6.07) is 15.3. The van der Waals surface area contributed by atoms with Crippen molar-refractivity contribution in [1.29, 1.82) is 0 Å². The van der Waals surface area contributed by atoms with E-state index in [1.165, 1.54) is 6.20 Å². The van der Waals surface area contributed by atoms with Crippen LogP contribution in [0.5, 0.6) is 0 Å². The molecule has 0 aliphatic heterocycles. The quantitative estimate of drug-likeness (QED) is 0.424. The van der Waals surface area contributed by atoms with Crippen molar-refractivity contribution < 1.29 is 24.2 Å². The van der Waals surface area contributed by atoms with Crippen LogP contribution in [0.2, 0.25) is 0 Å². The van der Waals surface area contributed by atoms with Gasteiger partial charge < -0.3 is 20.5 Å². The average Bonchev–Trinajstić information content (AvgIpc) is 3.44. The third-order valence-corrected chi connectivity index (χ3v) is 6.68. The molecule has 0 saturated heterocycles. The summed E-state index contributed by atoms with van der Waals surface area (Å²) >= 11 is 1.09. The van der Waals surface area contributed by atoms with Crippen LogP contribution in [-0.4, -0.2) is 40.7 Å². The topological polar surface area (TPSA) is 118 Å². The first-order valence-electron chi connectivity index (χ1n) is 11.0. The number of benzene rings is 2. The molecule has 0 saturated carbocycles. The number of aromatic nitrogens is 1. The largest absolute Gasteiger partial charge is 0.480 e. The van der Waals surface area contributed by atoms with Crippen LogP contribution >= 0.6 is 11.3 Å². The van der Waals surface area contributed by atoms with E-state index in [-0.39, 0.29) is 23.9 Å². The fourth-order valence-electron chi connectivity index (χ4n) is 4.07. The molecule has 0 spiro atoms. The highest BCUT2D eigenvalue weighted by Crippen LogP contribution is 2.44. The van der Waals surface area contributed by atoms with Crippen molar-refractivity contribution >= 4 is 29.3 Å². The molecule has 2 aromatic carbocycles. The van der Waals surface area contributed by atoms with E-state index in [0.29, 0.717) is 17.8 Å². The molecule has 2 amide bonds. The number of aliphatic carboxylic acids is 1. The average molecular weight is 480 g/mol. The standard InChI is InChI=1S/C25H25N3O5S/c1-2-7-20(24(30)31)28-23(29)21-12-26-22(34-21)13-27-25(32)33-14-19-17-10-5-3-8-15(17)16-9-4-6-11-18(16)19/h3-6,8-12,19-20H,2,7,13-14H2,1H3,(H,27,32)(H,28,29)(H,30,31)/t20-/m0/s1. The van der Waals surface area contributed by atoms with Gasteiger partial charge in [-0.15, -0.1) is 11.3 Å². The normalized spacial score (nSPS) is 13.0. The van der Waals surface area contributed by atoms with E-state index in [1.807, 2.05) is 31.2 Å². The van der Waals surface area contributed by atoms with E-state index >= 15 is 0 Å². The molecule has 0 bridgehead atoms. The molecular formula is C25H25N3O5S. The molecule has 0 radical (unpaired) electrons. The highest BCUT2D eigenvalue weighted by molar-refractivity contribution is 7.13. The summed E-state index contributed by atoms with van der Waals surface area (Å²) in [6.45, 7) is 2.16. The van der Waals surface area contributed by atoms with E-state index in [1.54, 1.807) is 0 Å². The van der Waals surface area contributed by atoms with Gasteiger partial charge in [0.15, 0.2) is 0 Å².